The van der Waals surface area contributed by atoms with Gasteiger partial charge in [0.2, 0.25) is 0 Å². The zero-order valence-electron chi connectivity index (χ0n) is 6.22. The molecule has 2 heteroatoms. The maximum absolute atomic E-state index is 9.63. The van der Waals surface area contributed by atoms with E-state index in [-0.39, 0.29) is 5.60 Å². The number of likely N-dealkylation sites (tertiary alicyclic amines) is 1. The molecule has 1 aliphatic rings. The number of aliphatic hydroxyl groups is 1. The lowest BCUT2D eigenvalue weighted by molar-refractivity contribution is 0.0481. The van der Waals surface area contributed by atoms with Gasteiger partial charge in [0, 0.05) is 13.1 Å². The minimum absolute atomic E-state index is 0.366. The summed E-state index contributed by atoms with van der Waals surface area (Å²) in [5.41, 5.74) is -0.366. The predicted octanol–water partition coefficient (Wildman–Crippen LogP) is 0.463. The molecule has 2 nitrogen and oxygen atoms in total. The summed E-state index contributed by atoms with van der Waals surface area (Å²) in [6.45, 7) is 3.94. The number of β-amino-alcohol motifs (C(OH)–C–C–N with tert-alkyl or cyclic N) is 1. The number of hydrogen-bond donors (Lipinski definition) is 1. The molecule has 0 aromatic carbocycles. The third kappa shape index (κ3) is 1.43. The Morgan fingerprint density at radius 1 is 1.67 bits per heavy atom. The van der Waals surface area contributed by atoms with Crippen LogP contribution in [0.25, 0.3) is 0 Å². The molecule has 0 aromatic rings. The molecule has 1 aliphatic heterocycles. The molecule has 1 rings (SSSR count). The second-order valence-electron chi connectivity index (χ2n) is 3.07. The van der Waals surface area contributed by atoms with Gasteiger partial charge in [0.05, 0.1) is 5.60 Å². The van der Waals surface area contributed by atoms with Crippen molar-refractivity contribution in [2.24, 2.45) is 0 Å². The standard InChI is InChI=1S/C7H15NO/c1-3-7(9)4-5-8(2)6-7/h9H,3-6H2,1-2H3/t7-/m0/s1. The summed E-state index contributed by atoms with van der Waals surface area (Å²) in [4.78, 5) is 2.17. The van der Waals surface area contributed by atoms with E-state index in [2.05, 4.69) is 4.90 Å². The van der Waals surface area contributed by atoms with Gasteiger partial charge in [-0.25, -0.2) is 0 Å². The van der Waals surface area contributed by atoms with E-state index in [4.69, 9.17) is 0 Å². The van der Waals surface area contributed by atoms with Crippen LogP contribution in [0.3, 0.4) is 0 Å². The van der Waals surface area contributed by atoms with E-state index in [0.29, 0.717) is 0 Å². The Balaban J connectivity index is 2.45. The predicted molar refractivity (Wildman–Crippen MR) is 37.4 cm³/mol. The maximum atomic E-state index is 9.63. The van der Waals surface area contributed by atoms with Crippen molar-refractivity contribution in [1.82, 2.24) is 4.90 Å². The van der Waals surface area contributed by atoms with Gasteiger partial charge >= 0.3 is 0 Å². The van der Waals surface area contributed by atoms with Gasteiger partial charge in [0.15, 0.2) is 0 Å². The quantitative estimate of drug-likeness (QED) is 0.556. The van der Waals surface area contributed by atoms with Crippen LogP contribution < -0.4 is 0 Å². The highest BCUT2D eigenvalue weighted by atomic mass is 16.3. The van der Waals surface area contributed by atoms with Crippen LogP contribution in [-0.4, -0.2) is 35.7 Å². The Hall–Kier alpha value is -0.0800. The monoisotopic (exact) mass is 129 g/mol. The van der Waals surface area contributed by atoms with Crippen LogP contribution in [0, 0.1) is 0 Å². The fourth-order valence-electron chi connectivity index (χ4n) is 1.35. The Morgan fingerprint density at radius 3 is 2.56 bits per heavy atom. The molecular weight excluding hydrogens is 114 g/mol. The molecule has 0 bridgehead atoms. The first-order chi connectivity index (χ1) is 4.16. The summed E-state index contributed by atoms with van der Waals surface area (Å²) in [6.07, 6.45) is 1.83. The van der Waals surface area contributed by atoms with E-state index in [1.807, 2.05) is 14.0 Å². The van der Waals surface area contributed by atoms with Crippen molar-refractivity contribution in [2.45, 2.75) is 25.4 Å². The van der Waals surface area contributed by atoms with Gasteiger partial charge in [0.25, 0.3) is 0 Å². The molecule has 0 spiro atoms. The van der Waals surface area contributed by atoms with Crippen molar-refractivity contribution in [1.29, 1.82) is 0 Å². The summed E-state index contributed by atoms with van der Waals surface area (Å²) in [6, 6.07) is 0. The third-order valence-corrected chi connectivity index (χ3v) is 2.18. The third-order valence-electron chi connectivity index (χ3n) is 2.18. The second-order valence-corrected chi connectivity index (χ2v) is 3.07. The van der Waals surface area contributed by atoms with Gasteiger partial charge < -0.3 is 10.0 Å². The van der Waals surface area contributed by atoms with E-state index >= 15 is 0 Å². The smallest absolute Gasteiger partial charge is 0.0783 e. The highest BCUT2D eigenvalue weighted by Gasteiger charge is 2.31. The van der Waals surface area contributed by atoms with Crippen molar-refractivity contribution in [3.8, 4) is 0 Å². The summed E-state index contributed by atoms with van der Waals surface area (Å²) in [5.74, 6) is 0. The van der Waals surface area contributed by atoms with Crippen LogP contribution >= 0.6 is 0 Å². The molecule has 0 radical (unpaired) electrons. The number of rotatable bonds is 1. The first-order valence-electron chi connectivity index (χ1n) is 3.57. The van der Waals surface area contributed by atoms with Crippen molar-refractivity contribution in [2.75, 3.05) is 20.1 Å². The molecular formula is C7H15NO. The summed E-state index contributed by atoms with van der Waals surface area (Å²) in [7, 11) is 2.05. The summed E-state index contributed by atoms with van der Waals surface area (Å²) >= 11 is 0. The Labute approximate surface area is 56.5 Å². The van der Waals surface area contributed by atoms with Crippen molar-refractivity contribution in [3.63, 3.8) is 0 Å². The minimum atomic E-state index is -0.366. The van der Waals surface area contributed by atoms with Crippen molar-refractivity contribution in [3.05, 3.63) is 0 Å². The highest BCUT2D eigenvalue weighted by Crippen LogP contribution is 2.22. The number of nitrogens with zero attached hydrogens (tertiary/aromatic N) is 1. The second kappa shape index (κ2) is 2.27. The van der Waals surface area contributed by atoms with Gasteiger partial charge in [-0.2, -0.15) is 0 Å². The Bertz CT molecular complexity index is 105. The largest absolute Gasteiger partial charge is 0.389 e. The average Bonchev–Trinajstić information content (AvgIpc) is 2.13. The summed E-state index contributed by atoms with van der Waals surface area (Å²) < 4.78 is 0. The van der Waals surface area contributed by atoms with Crippen molar-refractivity contribution >= 4 is 0 Å². The number of likely N-dealkylation sites (N-methyl/N-ethyl adjacent to an activating group) is 1. The fraction of sp³-hybridized carbons (Fsp3) is 1.00. The first kappa shape index (κ1) is 7.03. The van der Waals surface area contributed by atoms with Crippen LogP contribution in [0.4, 0.5) is 0 Å². The van der Waals surface area contributed by atoms with E-state index < -0.39 is 0 Å². The summed E-state index contributed by atoms with van der Waals surface area (Å²) in [5, 5.41) is 9.63. The molecule has 9 heavy (non-hydrogen) atoms. The molecule has 54 valence electrons. The van der Waals surface area contributed by atoms with Crippen LogP contribution in [0.15, 0.2) is 0 Å². The molecule has 0 aromatic heterocycles. The molecule has 1 N–H and O–H groups in total. The molecule has 0 unspecified atom stereocenters. The highest BCUT2D eigenvalue weighted by molar-refractivity contribution is 4.86. The minimum Gasteiger partial charge on any atom is -0.389 e. The average molecular weight is 129 g/mol. The van der Waals surface area contributed by atoms with Gasteiger partial charge in [0.1, 0.15) is 0 Å². The van der Waals surface area contributed by atoms with Crippen LogP contribution in [0.2, 0.25) is 0 Å². The van der Waals surface area contributed by atoms with E-state index in [1.54, 1.807) is 0 Å². The van der Waals surface area contributed by atoms with Crippen LogP contribution in [0.1, 0.15) is 19.8 Å². The van der Waals surface area contributed by atoms with Gasteiger partial charge in [-0.05, 0) is 19.9 Å². The van der Waals surface area contributed by atoms with Gasteiger partial charge in [-0.1, -0.05) is 6.92 Å². The SMILES string of the molecule is CC[C@]1(O)CCN(C)C1. The molecule has 1 saturated heterocycles. The van der Waals surface area contributed by atoms with Crippen LogP contribution in [0.5, 0.6) is 0 Å². The normalized spacial score (nSPS) is 37.7. The molecule has 1 atom stereocenters. The maximum Gasteiger partial charge on any atom is 0.0783 e. The van der Waals surface area contributed by atoms with Gasteiger partial charge in [-0.15, -0.1) is 0 Å². The molecule has 0 saturated carbocycles. The zero-order valence-corrected chi connectivity index (χ0v) is 6.22. The molecule has 0 aliphatic carbocycles. The van der Waals surface area contributed by atoms with E-state index in [0.717, 1.165) is 25.9 Å². The topological polar surface area (TPSA) is 23.5 Å². The first-order valence-corrected chi connectivity index (χ1v) is 3.57. The van der Waals surface area contributed by atoms with Crippen LogP contribution in [-0.2, 0) is 0 Å². The van der Waals surface area contributed by atoms with E-state index in [9.17, 15) is 5.11 Å². The molecule has 1 fully saturated rings. The van der Waals surface area contributed by atoms with E-state index in [1.165, 1.54) is 0 Å². The van der Waals surface area contributed by atoms with Crippen molar-refractivity contribution < 1.29 is 5.11 Å². The zero-order chi connectivity index (χ0) is 6.91. The Kier molecular flexibility index (Phi) is 1.78. The lowest BCUT2D eigenvalue weighted by Crippen LogP contribution is -2.30. The lowest BCUT2D eigenvalue weighted by atomic mass is 10.0. The Morgan fingerprint density at radius 2 is 2.33 bits per heavy atom. The molecule has 1 heterocycles. The fourth-order valence-corrected chi connectivity index (χ4v) is 1.35. The number of hydrogen-bond acceptors (Lipinski definition) is 2. The van der Waals surface area contributed by atoms with Gasteiger partial charge in [-0.3, -0.25) is 0 Å². The lowest BCUT2D eigenvalue weighted by Gasteiger charge is -2.19. The molecule has 0 amide bonds.